The number of carbonyl (C=O) groups excluding carboxylic acids is 1. The summed E-state index contributed by atoms with van der Waals surface area (Å²) in [6, 6.07) is 4.79. The summed E-state index contributed by atoms with van der Waals surface area (Å²) in [6.45, 7) is 8.23. The third-order valence-corrected chi connectivity index (χ3v) is 8.62. The van der Waals surface area contributed by atoms with E-state index in [0.717, 1.165) is 42.5 Å². The number of fused-ring (bicyclic) bond motifs is 2. The van der Waals surface area contributed by atoms with Crippen LogP contribution in [0.3, 0.4) is 0 Å². The van der Waals surface area contributed by atoms with Crippen molar-refractivity contribution in [2.24, 2.45) is 5.92 Å². The number of carbonyl (C=O) groups is 1. The molecular formula is C29H36N4O4. The minimum Gasteiger partial charge on any atom is -0.448 e. The van der Waals surface area contributed by atoms with E-state index in [9.17, 15) is 14.9 Å². The number of aryl methyl sites for hydroxylation is 2. The lowest BCUT2D eigenvalue weighted by Crippen LogP contribution is -2.46. The Morgan fingerprint density at radius 1 is 1.14 bits per heavy atom. The monoisotopic (exact) mass is 504 g/mol. The first-order valence-electron chi connectivity index (χ1n) is 13.2. The smallest absolute Gasteiger partial charge is 0.254 e. The Hall–Kier alpha value is -3.31. The van der Waals surface area contributed by atoms with Crippen LogP contribution in [0, 0.1) is 38.0 Å². The number of amides is 1. The van der Waals surface area contributed by atoms with E-state index < -0.39 is 5.79 Å². The standard InChI is InChI=1S/C29H36N4O4/c1-16-13-17(2)31-27(34)23(16)15-33-12-11-21-22(14-30)26-25(18(3)24(21)28(33)35)36-29(4,37-26)19-7-9-20(10-8-19)32(5)6/h13,19-20H,7-12,15H2,1-6H3,(H,31,34). The fourth-order valence-corrected chi connectivity index (χ4v) is 6.40. The number of pyridine rings is 1. The first-order valence-corrected chi connectivity index (χ1v) is 13.2. The van der Waals surface area contributed by atoms with Gasteiger partial charge in [0.2, 0.25) is 0 Å². The number of rotatable bonds is 4. The number of nitriles is 1. The molecule has 3 aliphatic rings. The summed E-state index contributed by atoms with van der Waals surface area (Å²) in [5.74, 6) is 0.133. The molecule has 8 nitrogen and oxygen atoms in total. The summed E-state index contributed by atoms with van der Waals surface area (Å²) < 4.78 is 13.0. The second-order valence-corrected chi connectivity index (χ2v) is 11.2. The average Bonchev–Trinajstić information content (AvgIpc) is 3.21. The van der Waals surface area contributed by atoms with E-state index in [-0.39, 0.29) is 23.9 Å². The lowest BCUT2D eigenvalue weighted by molar-refractivity contribution is -0.123. The van der Waals surface area contributed by atoms with Crippen molar-refractivity contribution < 1.29 is 14.3 Å². The normalized spacial score (nSPS) is 24.8. The molecule has 1 aromatic carbocycles. The van der Waals surface area contributed by atoms with E-state index in [1.165, 1.54) is 0 Å². The highest BCUT2D eigenvalue weighted by molar-refractivity contribution is 6.00. The predicted molar refractivity (Wildman–Crippen MR) is 140 cm³/mol. The molecule has 37 heavy (non-hydrogen) atoms. The van der Waals surface area contributed by atoms with Crippen LogP contribution in [0.25, 0.3) is 0 Å². The molecule has 0 bridgehead atoms. The molecule has 0 radical (unpaired) electrons. The van der Waals surface area contributed by atoms with Gasteiger partial charge >= 0.3 is 0 Å². The highest BCUT2D eigenvalue weighted by Gasteiger charge is 2.49. The summed E-state index contributed by atoms with van der Waals surface area (Å²) in [5, 5.41) is 10.1. The van der Waals surface area contributed by atoms with Gasteiger partial charge in [0.15, 0.2) is 11.5 Å². The lowest BCUT2D eigenvalue weighted by Gasteiger charge is -2.39. The van der Waals surface area contributed by atoms with E-state index in [1.54, 1.807) is 4.90 Å². The van der Waals surface area contributed by atoms with Crippen LogP contribution in [0.1, 0.15) is 76.5 Å². The molecule has 2 aromatic rings. The predicted octanol–water partition coefficient (Wildman–Crippen LogP) is 3.98. The summed E-state index contributed by atoms with van der Waals surface area (Å²) in [7, 11) is 4.24. The van der Waals surface area contributed by atoms with Crippen LogP contribution in [-0.2, 0) is 13.0 Å². The molecule has 1 fully saturated rings. The van der Waals surface area contributed by atoms with E-state index in [0.29, 0.717) is 52.8 Å². The summed E-state index contributed by atoms with van der Waals surface area (Å²) in [6.07, 6.45) is 4.62. The molecule has 5 rings (SSSR count). The molecule has 1 aliphatic carbocycles. The SMILES string of the molecule is Cc1cc(C)c(CN2CCc3c(C#N)c4c(c(C)c3C2=O)OC(C)(C2CCC(N(C)C)CC2)O4)c(=O)[nH]1. The lowest BCUT2D eigenvalue weighted by atomic mass is 9.81. The van der Waals surface area contributed by atoms with Crippen LogP contribution in [0.5, 0.6) is 11.5 Å². The van der Waals surface area contributed by atoms with Crippen LogP contribution >= 0.6 is 0 Å². The van der Waals surface area contributed by atoms with E-state index in [4.69, 9.17) is 9.47 Å². The molecule has 8 heteroatoms. The Morgan fingerprint density at radius 2 is 1.81 bits per heavy atom. The number of nitrogens with zero attached hydrogens (tertiary/aromatic N) is 3. The van der Waals surface area contributed by atoms with Crippen LogP contribution in [0.4, 0.5) is 0 Å². The van der Waals surface area contributed by atoms with Gasteiger partial charge in [0, 0.05) is 42.2 Å². The molecule has 1 saturated carbocycles. The Labute approximate surface area is 218 Å². The zero-order chi connectivity index (χ0) is 26.6. The van der Waals surface area contributed by atoms with Crippen LogP contribution in [0.15, 0.2) is 10.9 Å². The van der Waals surface area contributed by atoms with Crippen molar-refractivity contribution in [3.63, 3.8) is 0 Å². The molecule has 1 N–H and O–H groups in total. The van der Waals surface area contributed by atoms with Crippen molar-refractivity contribution >= 4 is 5.91 Å². The number of hydrogen-bond donors (Lipinski definition) is 1. The first-order chi connectivity index (χ1) is 17.5. The maximum atomic E-state index is 13.8. The van der Waals surface area contributed by atoms with Gasteiger partial charge in [-0.25, -0.2) is 0 Å². The van der Waals surface area contributed by atoms with Crippen LogP contribution in [0.2, 0.25) is 0 Å². The zero-order valence-corrected chi connectivity index (χ0v) is 22.7. The zero-order valence-electron chi connectivity index (χ0n) is 22.7. The highest BCUT2D eigenvalue weighted by Crippen LogP contribution is 2.52. The molecule has 3 heterocycles. The van der Waals surface area contributed by atoms with Crippen molar-refractivity contribution in [2.75, 3.05) is 20.6 Å². The van der Waals surface area contributed by atoms with Gasteiger partial charge in [0.1, 0.15) is 11.6 Å². The molecule has 2 aliphatic heterocycles. The minimum atomic E-state index is -0.866. The van der Waals surface area contributed by atoms with Gasteiger partial charge < -0.3 is 24.3 Å². The molecular weight excluding hydrogens is 468 g/mol. The number of aromatic amines is 1. The summed E-state index contributed by atoms with van der Waals surface area (Å²) >= 11 is 0. The summed E-state index contributed by atoms with van der Waals surface area (Å²) in [5.41, 5.74) is 4.41. The van der Waals surface area contributed by atoms with Crippen LogP contribution in [-0.4, -0.2) is 53.2 Å². The third kappa shape index (κ3) is 4.19. The Kier molecular flexibility index (Phi) is 6.31. The maximum Gasteiger partial charge on any atom is 0.254 e. The third-order valence-electron chi connectivity index (χ3n) is 8.62. The van der Waals surface area contributed by atoms with Crippen molar-refractivity contribution in [3.05, 3.63) is 55.5 Å². The molecule has 1 aromatic heterocycles. The van der Waals surface area contributed by atoms with Crippen molar-refractivity contribution in [1.82, 2.24) is 14.8 Å². The average molecular weight is 505 g/mol. The number of nitrogens with one attached hydrogen (secondary N) is 1. The Morgan fingerprint density at radius 3 is 2.43 bits per heavy atom. The molecule has 1 unspecified atom stereocenters. The van der Waals surface area contributed by atoms with Crippen molar-refractivity contribution in [2.45, 2.75) is 78.2 Å². The number of aromatic nitrogens is 1. The highest BCUT2D eigenvalue weighted by atomic mass is 16.7. The van der Waals surface area contributed by atoms with Gasteiger partial charge in [0.05, 0.1) is 12.1 Å². The maximum absolute atomic E-state index is 13.8. The van der Waals surface area contributed by atoms with Gasteiger partial charge in [-0.3, -0.25) is 9.59 Å². The van der Waals surface area contributed by atoms with Crippen molar-refractivity contribution in [1.29, 1.82) is 5.26 Å². The topological polar surface area (TPSA) is 98.7 Å². The fourth-order valence-electron chi connectivity index (χ4n) is 6.40. The minimum absolute atomic E-state index is 0.170. The molecule has 196 valence electrons. The van der Waals surface area contributed by atoms with Gasteiger partial charge in [0.25, 0.3) is 17.3 Å². The Balaban J connectivity index is 1.46. The largest absolute Gasteiger partial charge is 0.448 e. The van der Waals surface area contributed by atoms with Crippen LogP contribution < -0.4 is 15.0 Å². The second-order valence-electron chi connectivity index (χ2n) is 11.2. The number of benzene rings is 1. The number of hydrogen-bond acceptors (Lipinski definition) is 6. The molecule has 0 spiro atoms. The second kappa shape index (κ2) is 9.21. The molecule has 1 amide bonds. The fraction of sp³-hybridized carbons (Fsp3) is 0.552. The molecule has 0 saturated heterocycles. The van der Waals surface area contributed by atoms with Gasteiger partial charge in [-0.05, 0) is 84.2 Å². The quantitative estimate of drug-likeness (QED) is 0.676. The van der Waals surface area contributed by atoms with Gasteiger partial charge in [-0.2, -0.15) is 5.26 Å². The first kappa shape index (κ1) is 25.3. The number of H-pyrrole nitrogens is 1. The molecule has 1 atom stereocenters. The summed E-state index contributed by atoms with van der Waals surface area (Å²) in [4.78, 5) is 33.2. The van der Waals surface area contributed by atoms with E-state index in [2.05, 4.69) is 30.0 Å². The van der Waals surface area contributed by atoms with E-state index >= 15 is 0 Å². The number of ether oxygens (including phenoxy) is 2. The van der Waals surface area contributed by atoms with E-state index in [1.807, 2.05) is 33.8 Å². The van der Waals surface area contributed by atoms with Gasteiger partial charge in [-0.1, -0.05) is 0 Å². The van der Waals surface area contributed by atoms with Gasteiger partial charge in [-0.15, -0.1) is 0 Å². The Bertz CT molecular complexity index is 1360. The van der Waals surface area contributed by atoms with Crippen molar-refractivity contribution in [3.8, 4) is 17.6 Å².